The highest BCUT2D eigenvalue weighted by molar-refractivity contribution is 4.76. The maximum absolute atomic E-state index is 9.49. The lowest BCUT2D eigenvalue weighted by molar-refractivity contribution is -0.00245. The summed E-state index contributed by atoms with van der Waals surface area (Å²) in [6.07, 6.45) is -0.419. The van der Waals surface area contributed by atoms with Crippen LogP contribution >= 0.6 is 0 Å². The second kappa shape index (κ2) is 3.35. The van der Waals surface area contributed by atoms with E-state index in [9.17, 15) is 5.11 Å². The fraction of sp³-hybridized carbons (Fsp3) is 1.00. The zero-order chi connectivity index (χ0) is 8.36. The Labute approximate surface area is 62.9 Å². The van der Waals surface area contributed by atoms with Gasteiger partial charge in [0.1, 0.15) is 0 Å². The van der Waals surface area contributed by atoms with Gasteiger partial charge < -0.3 is 10.2 Å². The Hall–Kier alpha value is -0.0800. The van der Waals surface area contributed by atoms with Crippen molar-refractivity contribution in [2.75, 3.05) is 6.61 Å². The fourth-order valence-corrected chi connectivity index (χ4v) is 0.953. The van der Waals surface area contributed by atoms with E-state index in [1.54, 1.807) is 0 Å². The van der Waals surface area contributed by atoms with E-state index in [1.807, 2.05) is 27.7 Å². The predicted molar refractivity (Wildman–Crippen MR) is 41.7 cm³/mol. The summed E-state index contributed by atoms with van der Waals surface area (Å²) in [5.74, 6) is -0.0278. The highest BCUT2D eigenvalue weighted by Gasteiger charge is 2.26. The third-order valence-electron chi connectivity index (χ3n) is 1.71. The van der Waals surface area contributed by atoms with Crippen LogP contribution in [0.4, 0.5) is 0 Å². The molecule has 0 aromatic rings. The molecule has 0 amide bonds. The first-order valence-electron chi connectivity index (χ1n) is 3.68. The van der Waals surface area contributed by atoms with Crippen molar-refractivity contribution >= 4 is 0 Å². The van der Waals surface area contributed by atoms with E-state index >= 15 is 0 Å². The molecule has 0 heterocycles. The van der Waals surface area contributed by atoms with E-state index in [2.05, 4.69) is 0 Å². The van der Waals surface area contributed by atoms with E-state index in [4.69, 9.17) is 5.11 Å². The van der Waals surface area contributed by atoms with Crippen molar-refractivity contribution in [1.29, 1.82) is 0 Å². The molecule has 2 heteroatoms. The van der Waals surface area contributed by atoms with Gasteiger partial charge in [0, 0.05) is 12.5 Å². The van der Waals surface area contributed by atoms with E-state index < -0.39 is 6.10 Å². The summed E-state index contributed by atoms with van der Waals surface area (Å²) in [5, 5.41) is 18.2. The summed E-state index contributed by atoms with van der Waals surface area (Å²) in [5.41, 5.74) is -0.123. The number of aliphatic hydroxyl groups excluding tert-OH is 2. The van der Waals surface area contributed by atoms with Gasteiger partial charge >= 0.3 is 0 Å². The van der Waals surface area contributed by atoms with Crippen LogP contribution in [0.5, 0.6) is 0 Å². The van der Waals surface area contributed by atoms with Gasteiger partial charge in [0.15, 0.2) is 0 Å². The average Bonchev–Trinajstić information content (AvgIpc) is 1.83. The van der Waals surface area contributed by atoms with E-state index in [-0.39, 0.29) is 17.9 Å². The maximum atomic E-state index is 9.49. The van der Waals surface area contributed by atoms with Crippen LogP contribution in [0, 0.1) is 11.3 Å². The lowest BCUT2D eigenvalue weighted by Crippen LogP contribution is -2.33. The molecule has 2 nitrogen and oxygen atoms in total. The van der Waals surface area contributed by atoms with E-state index in [1.165, 1.54) is 0 Å². The van der Waals surface area contributed by atoms with Crippen LogP contribution in [-0.4, -0.2) is 22.9 Å². The normalized spacial score (nSPS) is 18.6. The van der Waals surface area contributed by atoms with Crippen LogP contribution in [0.2, 0.25) is 0 Å². The summed E-state index contributed by atoms with van der Waals surface area (Å²) < 4.78 is 0. The van der Waals surface area contributed by atoms with Crippen LogP contribution in [0.1, 0.15) is 27.7 Å². The summed E-state index contributed by atoms with van der Waals surface area (Å²) in [7, 11) is 0. The third-order valence-corrected chi connectivity index (χ3v) is 1.71. The van der Waals surface area contributed by atoms with Gasteiger partial charge in [-0.3, -0.25) is 0 Å². The maximum Gasteiger partial charge on any atom is 0.0635 e. The molecule has 62 valence electrons. The van der Waals surface area contributed by atoms with Gasteiger partial charge in [-0.1, -0.05) is 27.7 Å². The van der Waals surface area contributed by atoms with Crippen molar-refractivity contribution in [2.45, 2.75) is 33.8 Å². The Morgan fingerprint density at radius 3 is 1.80 bits per heavy atom. The molecule has 2 atom stereocenters. The van der Waals surface area contributed by atoms with E-state index in [0.717, 1.165) is 0 Å². The molecule has 0 spiro atoms. The largest absolute Gasteiger partial charge is 0.396 e. The minimum Gasteiger partial charge on any atom is -0.396 e. The van der Waals surface area contributed by atoms with Gasteiger partial charge in [-0.05, 0) is 5.41 Å². The summed E-state index contributed by atoms with van der Waals surface area (Å²) in [4.78, 5) is 0. The fourth-order valence-electron chi connectivity index (χ4n) is 0.953. The SMILES string of the molecule is C[C@H](CO)[C@@H](O)C(C)(C)C. The van der Waals surface area contributed by atoms with Gasteiger partial charge in [0.05, 0.1) is 6.10 Å². The van der Waals surface area contributed by atoms with Crippen molar-refractivity contribution in [2.24, 2.45) is 11.3 Å². The smallest absolute Gasteiger partial charge is 0.0635 e. The molecule has 0 aliphatic heterocycles. The molecule has 0 rings (SSSR count). The number of rotatable bonds is 2. The quantitative estimate of drug-likeness (QED) is 0.610. The summed E-state index contributed by atoms with van der Waals surface area (Å²) in [6.45, 7) is 7.78. The van der Waals surface area contributed by atoms with Gasteiger partial charge in [0.25, 0.3) is 0 Å². The van der Waals surface area contributed by atoms with Crippen LogP contribution in [0.3, 0.4) is 0 Å². The third kappa shape index (κ3) is 2.67. The highest BCUT2D eigenvalue weighted by Crippen LogP contribution is 2.24. The molecule has 0 unspecified atom stereocenters. The molecule has 0 aliphatic carbocycles. The molecular formula is C8H18O2. The number of aliphatic hydroxyl groups is 2. The molecule has 0 aromatic carbocycles. The lowest BCUT2D eigenvalue weighted by Gasteiger charge is -2.29. The number of hydrogen-bond donors (Lipinski definition) is 2. The Bertz CT molecular complexity index is 93.9. The van der Waals surface area contributed by atoms with Gasteiger partial charge in [-0.15, -0.1) is 0 Å². The van der Waals surface area contributed by atoms with Crippen molar-refractivity contribution in [1.82, 2.24) is 0 Å². The van der Waals surface area contributed by atoms with Crippen molar-refractivity contribution < 1.29 is 10.2 Å². The summed E-state index contributed by atoms with van der Waals surface area (Å²) >= 11 is 0. The van der Waals surface area contributed by atoms with Crippen molar-refractivity contribution in [3.05, 3.63) is 0 Å². The van der Waals surface area contributed by atoms with Crippen LogP contribution < -0.4 is 0 Å². The second-order valence-corrected chi connectivity index (χ2v) is 3.97. The highest BCUT2D eigenvalue weighted by atomic mass is 16.3. The first-order chi connectivity index (χ1) is 4.39. The van der Waals surface area contributed by atoms with Gasteiger partial charge in [-0.25, -0.2) is 0 Å². The Morgan fingerprint density at radius 1 is 1.30 bits per heavy atom. The zero-order valence-electron chi connectivity index (χ0n) is 7.26. The van der Waals surface area contributed by atoms with E-state index in [0.29, 0.717) is 0 Å². The Morgan fingerprint density at radius 2 is 1.70 bits per heavy atom. The minimum absolute atomic E-state index is 0.0278. The molecule has 2 N–H and O–H groups in total. The molecule has 0 saturated carbocycles. The average molecular weight is 146 g/mol. The summed E-state index contributed by atoms with van der Waals surface area (Å²) in [6, 6.07) is 0. The molecule has 0 aliphatic rings. The van der Waals surface area contributed by atoms with Crippen molar-refractivity contribution in [3.8, 4) is 0 Å². The second-order valence-electron chi connectivity index (χ2n) is 3.97. The van der Waals surface area contributed by atoms with Crippen LogP contribution in [0.25, 0.3) is 0 Å². The molecule has 0 bridgehead atoms. The first kappa shape index (κ1) is 9.92. The Kier molecular flexibility index (Phi) is 3.33. The van der Waals surface area contributed by atoms with Crippen LogP contribution in [-0.2, 0) is 0 Å². The molecule has 0 fully saturated rings. The van der Waals surface area contributed by atoms with Gasteiger partial charge in [0.2, 0.25) is 0 Å². The van der Waals surface area contributed by atoms with Crippen LogP contribution in [0.15, 0.2) is 0 Å². The molecule has 0 radical (unpaired) electrons. The first-order valence-corrected chi connectivity index (χ1v) is 3.68. The van der Waals surface area contributed by atoms with Gasteiger partial charge in [-0.2, -0.15) is 0 Å². The molecule has 0 saturated heterocycles. The molecule has 10 heavy (non-hydrogen) atoms. The monoisotopic (exact) mass is 146 g/mol. The number of hydrogen-bond acceptors (Lipinski definition) is 2. The standard InChI is InChI=1S/C8H18O2/c1-6(5-9)7(10)8(2,3)4/h6-7,9-10H,5H2,1-4H3/t6-,7-/m1/s1. The Balaban J connectivity index is 3.94. The zero-order valence-corrected chi connectivity index (χ0v) is 7.26. The predicted octanol–water partition coefficient (Wildman–Crippen LogP) is 1.02. The minimum atomic E-state index is -0.419. The topological polar surface area (TPSA) is 40.5 Å². The van der Waals surface area contributed by atoms with Crippen molar-refractivity contribution in [3.63, 3.8) is 0 Å². The molecule has 0 aromatic heterocycles. The molecular weight excluding hydrogens is 128 g/mol. The lowest BCUT2D eigenvalue weighted by atomic mass is 9.82.